The van der Waals surface area contributed by atoms with Gasteiger partial charge in [0.2, 0.25) is 0 Å². The maximum Gasteiger partial charge on any atom is 0.262 e. The van der Waals surface area contributed by atoms with Gasteiger partial charge < -0.3 is 10.1 Å². The molecule has 2 aromatic rings. The lowest BCUT2D eigenvalue weighted by Crippen LogP contribution is -2.19. The number of rotatable bonds is 6. The maximum absolute atomic E-state index is 12.8. The van der Waals surface area contributed by atoms with Gasteiger partial charge in [0.1, 0.15) is 5.82 Å². The third-order valence-corrected chi connectivity index (χ3v) is 6.11. The van der Waals surface area contributed by atoms with E-state index < -0.39 is 10.0 Å². The quantitative estimate of drug-likeness (QED) is 0.809. The van der Waals surface area contributed by atoms with Crippen LogP contribution in [0.5, 0.6) is 0 Å². The predicted molar refractivity (Wildman–Crippen MR) is 103 cm³/mol. The van der Waals surface area contributed by atoms with Crippen LogP contribution in [-0.4, -0.2) is 32.7 Å². The van der Waals surface area contributed by atoms with Gasteiger partial charge in [0.05, 0.1) is 22.9 Å². The molecule has 3 rings (SSSR count). The van der Waals surface area contributed by atoms with Crippen LogP contribution in [0.1, 0.15) is 29.5 Å². The highest BCUT2D eigenvalue weighted by molar-refractivity contribution is 7.92. The molecule has 0 radical (unpaired) electrons. The number of anilines is 2. The average molecular weight is 375 g/mol. The molecule has 1 aromatic carbocycles. The van der Waals surface area contributed by atoms with Crippen LogP contribution in [0.25, 0.3) is 0 Å². The Hall–Kier alpha value is -2.12. The first kappa shape index (κ1) is 18.7. The number of hydrogen-bond donors (Lipinski definition) is 2. The molecule has 6 nitrogen and oxygen atoms in total. The van der Waals surface area contributed by atoms with Crippen LogP contribution in [0.4, 0.5) is 11.5 Å². The van der Waals surface area contributed by atoms with E-state index in [-0.39, 0.29) is 6.10 Å². The van der Waals surface area contributed by atoms with Crippen molar-refractivity contribution >= 4 is 21.5 Å². The second-order valence-electron chi connectivity index (χ2n) is 6.78. The maximum atomic E-state index is 12.8. The standard InChI is InChI=1S/C19H25N3O3S/c1-13-9-14(2)19(15(3)10-13)26(23,24)22-16-6-7-18(20-11-16)21-12-17-5-4-8-25-17/h6-7,9-11,17,22H,4-5,8,12H2,1-3H3,(H,20,21). The van der Waals surface area contributed by atoms with Crippen molar-refractivity contribution in [2.45, 2.75) is 44.6 Å². The fourth-order valence-corrected chi connectivity index (χ4v) is 4.88. The second-order valence-corrected chi connectivity index (χ2v) is 8.40. The molecule has 1 saturated heterocycles. The summed E-state index contributed by atoms with van der Waals surface area (Å²) in [6, 6.07) is 7.22. The number of pyridine rings is 1. The second kappa shape index (κ2) is 7.63. The summed E-state index contributed by atoms with van der Waals surface area (Å²) in [6.45, 7) is 7.10. The molecule has 0 amide bonds. The molecular formula is C19H25N3O3S. The molecule has 7 heteroatoms. The van der Waals surface area contributed by atoms with E-state index in [1.807, 2.05) is 32.9 Å². The fraction of sp³-hybridized carbons (Fsp3) is 0.421. The molecular weight excluding hydrogens is 350 g/mol. The number of aryl methyl sites for hydroxylation is 3. The van der Waals surface area contributed by atoms with Crippen LogP contribution in [-0.2, 0) is 14.8 Å². The summed E-state index contributed by atoms with van der Waals surface area (Å²) < 4.78 is 33.7. The van der Waals surface area contributed by atoms with Gasteiger partial charge in [0.15, 0.2) is 0 Å². The highest BCUT2D eigenvalue weighted by atomic mass is 32.2. The number of nitrogens with zero attached hydrogens (tertiary/aromatic N) is 1. The monoisotopic (exact) mass is 375 g/mol. The molecule has 0 spiro atoms. The van der Waals surface area contributed by atoms with Crippen molar-refractivity contribution in [1.82, 2.24) is 4.98 Å². The lowest BCUT2D eigenvalue weighted by atomic mass is 10.1. The van der Waals surface area contributed by atoms with E-state index in [4.69, 9.17) is 4.74 Å². The molecule has 140 valence electrons. The Bertz CT molecular complexity index is 850. The summed E-state index contributed by atoms with van der Waals surface area (Å²) in [5, 5.41) is 3.22. The Balaban J connectivity index is 1.70. The van der Waals surface area contributed by atoms with Crippen LogP contribution in [0.3, 0.4) is 0 Å². The topological polar surface area (TPSA) is 80.3 Å². The van der Waals surface area contributed by atoms with Crippen molar-refractivity contribution in [3.8, 4) is 0 Å². The summed E-state index contributed by atoms with van der Waals surface area (Å²) in [5.41, 5.74) is 2.95. The third-order valence-electron chi connectivity index (χ3n) is 4.42. The van der Waals surface area contributed by atoms with Crippen LogP contribution in [0, 0.1) is 20.8 Å². The molecule has 1 aliphatic heterocycles. The highest BCUT2D eigenvalue weighted by Crippen LogP contribution is 2.24. The van der Waals surface area contributed by atoms with Crippen molar-refractivity contribution in [1.29, 1.82) is 0 Å². The molecule has 0 bridgehead atoms. The van der Waals surface area contributed by atoms with E-state index >= 15 is 0 Å². The van der Waals surface area contributed by atoms with Gasteiger partial charge in [-0.2, -0.15) is 0 Å². The summed E-state index contributed by atoms with van der Waals surface area (Å²) in [6.07, 6.45) is 3.90. The highest BCUT2D eigenvalue weighted by Gasteiger charge is 2.20. The molecule has 1 aromatic heterocycles. The van der Waals surface area contributed by atoms with Gasteiger partial charge in [-0.1, -0.05) is 17.7 Å². The molecule has 1 aliphatic rings. The molecule has 26 heavy (non-hydrogen) atoms. The number of aromatic nitrogens is 1. The minimum atomic E-state index is -3.66. The van der Waals surface area contributed by atoms with Gasteiger partial charge in [-0.3, -0.25) is 4.72 Å². The van der Waals surface area contributed by atoms with Gasteiger partial charge in [-0.15, -0.1) is 0 Å². The minimum Gasteiger partial charge on any atom is -0.376 e. The fourth-order valence-electron chi connectivity index (χ4n) is 3.38. The Morgan fingerprint density at radius 1 is 1.19 bits per heavy atom. The number of sulfonamides is 1. The summed E-state index contributed by atoms with van der Waals surface area (Å²) in [4.78, 5) is 4.61. The Kier molecular flexibility index (Phi) is 5.48. The van der Waals surface area contributed by atoms with Crippen molar-refractivity contribution in [2.75, 3.05) is 23.2 Å². The zero-order chi connectivity index (χ0) is 18.7. The zero-order valence-corrected chi connectivity index (χ0v) is 16.2. The lowest BCUT2D eigenvalue weighted by molar-refractivity contribution is 0.120. The molecule has 1 atom stereocenters. The summed E-state index contributed by atoms with van der Waals surface area (Å²) in [5.74, 6) is 0.700. The number of hydrogen-bond acceptors (Lipinski definition) is 5. The van der Waals surface area contributed by atoms with E-state index in [1.165, 1.54) is 6.20 Å². The van der Waals surface area contributed by atoms with Crippen LogP contribution in [0.2, 0.25) is 0 Å². The number of benzene rings is 1. The average Bonchev–Trinajstić information content (AvgIpc) is 3.06. The van der Waals surface area contributed by atoms with E-state index in [0.717, 1.165) is 36.1 Å². The predicted octanol–water partition coefficient (Wildman–Crippen LogP) is 3.40. The zero-order valence-electron chi connectivity index (χ0n) is 15.4. The largest absolute Gasteiger partial charge is 0.376 e. The first-order valence-corrected chi connectivity index (χ1v) is 10.3. The SMILES string of the molecule is Cc1cc(C)c(S(=O)(=O)Nc2ccc(NCC3CCCO3)nc2)c(C)c1. The Morgan fingerprint density at radius 2 is 1.92 bits per heavy atom. The first-order valence-electron chi connectivity index (χ1n) is 8.77. The van der Waals surface area contributed by atoms with Crippen molar-refractivity contribution in [2.24, 2.45) is 0 Å². The van der Waals surface area contributed by atoms with Gasteiger partial charge in [-0.05, 0) is 56.9 Å². The van der Waals surface area contributed by atoms with E-state index in [1.54, 1.807) is 12.1 Å². The van der Waals surface area contributed by atoms with Crippen molar-refractivity contribution in [3.05, 3.63) is 47.2 Å². The first-order chi connectivity index (χ1) is 12.3. The lowest BCUT2D eigenvalue weighted by Gasteiger charge is -2.14. The van der Waals surface area contributed by atoms with Crippen molar-refractivity contribution < 1.29 is 13.2 Å². The number of nitrogens with one attached hydrogen (secondary N) is 2. The van der Waals surface area contributed by atoms with Crippen molar-refractivity contribution in [3.63, 3.8) is 0 Å². The molecule has 1 fully saturated rings. The normalized spacial score (nSPS) is 17.3. The van der Waals surface area contributed by atoms with Gasteiger partial charge in [0, 0.05) is 13.2 Å². The molecule has 2 heterocycles. The van der Waals surface area contributed by atoms with E-state index in [2.05, 4.69) is 15.0 Å². The van der Waals surface area contributed by atoms with E-state index in [9.17, 15) is 8.42 Å². The van der Waals surface area contributed by atoms with Crippen LogP contribution < -0.4 is 10.0 Å². The third kappa shape index (κ3) is 4.34. The van der Waals surface area contributed by atoms with Gasteiger partial charge in [-0.25, -0.2) is 13.4 Å². The van der Waals surface area contributed by atoms with Gasteiger partial charge >= 0.3 is 0 Å². The minimum absolute atomic E-state index is 0.225. The van der Waals surface area contributed by atoms with Crippen LogP contribution >= 0.6 is 0 Å². The van der Waals surface area contributed by atoms with E-state index in [0.29, 0.717) is 22.9 Å². The Morgan fingerprint density at radius 3 is 2.50 bits per heavy atom. The van der Waals surface area contributed by atoms with Crippen LogP contribution in [0.15, 0.2) is 35.4 Å². The molecule has 0 aliphatic carbocycles. The smallest absolute Gasteiger partial charge is 0.262 e. The number of ether oxygens (including phenoxy) is 1. The molecule has 0 saturated carbocycles. The molecule has 1 unspecified atom stereocenters. The summed E-state index contributed by atoms with van der Waals surface area (Å²) >= 11 is 0. The summed E-state index contributed by atoms with van der Waals surface area (Å²) in [7, 11) is -3.66. The van der Waals surface area contributed by atoms with Gasteiger partial charge in [0.25, 0.3) is 10.0 Å². The molecule has 2 N–H and O–H groups in total. The Labute approximate surface area is 155 Å².